The number of hydrogen-bond donors (Lipinski definition) is 0. The van der Waals surface area contributed by atoms with E-state index in [1.807, 2.05) is 12.1 Å². The van der Waals surface area contributed by atoms with Crippen LogP contribution in [0.3, 0.4) is 0 Å². The van der Waals surface area contributed by atoms with E-state index in [4.69, 9.17) is 26.3 Å². The van der Waals surface area contributed by atoms with Crippen molar-refractivity contribution < 1.29 is 9.53 Å². The van der Waals surface area contributed by atoms with Crippen molar-refractivity contribution in [1.29, 1.82) is 5.26 Å². The molecule has 0 bridgehead atoms. The number of carbonyl (C=O) groups is 1. The van der Waals surface area contributed by atoms with E-state index in [1.165, 1.54) is 18.9 Å². The van der Waals surface area contributed by atoms with Crippen LogP contribution in [-0.4, -0.2) is 93.1 Å². The van der Waals surface area contributed by atoms with E-state index >= 15 is 0 Å². The van der Waals surface area contributed by atoms with Crippen LogP contribution in [0.5, 0.6) is 6.01 Å². The van der Waals surface area contributed by atoms with Crippen molar-refractivity contribution in [3.05, 3.63) is 83.0 Å². The maximum absolute atomic E-state index is 13.4. The second kappa shape index (κ2) is 13.8. The van der Waals surface area contributed by atoms with Gasteiger partial charge >= 0.3 is 6.01 Å². The van der Waals surface area contributed by atoms with Gasteiger partial charge in [0, 0.05) is 61.3 Å². The maximum atomic E-state index is 13.4. The number of anilines is 2. The third kappa shape index (κ3) is 6.22. The Bertz CT molecular complexity index is 1950. The minimum atomic E-state index is -0.306. The predicted octanol–water partition coefficient (Wildman–Crippen LogP) is 5.29. The molecule has 50 heavy (non-hydrogen) atoms. The number of amides is 1. The summed E-state index contributed by atoms with van der Waals surface area (Å²) in [6, 6.07) is 16.5. The van der Waals surface area contributed by atoms with Crippen LogP contribution in [0, 0.1) is 11.3 Å². The third-order valence-corrected chi connectivity index (χ3v) is 11.1. The quantitative estimate of drug-likeness (QED) is 0.226. The third-order valence-electron chi connectivity index (χ3n) is 10.8. The largest absolute Gasteiger partial charge is 0.461 e. The average Bonchev–Trinajstić information content (AvgIpc) is 3.74. The standard InChI is InChI=1S/C38H40ClN9O2/c39-30-8-1-6-27-7-2-9-32(35(27)30)45-21-13-29-31(25-45)43-37(50-26-38-14-3-19-47(38)20-4-15-38)44-36(29)46-22-23-48(28(24-46)12-16-40)34(49)11-10-33-41-17-5-18-42-33/h1-2,5-11,17-18,28H,3-4,12-15,19-26H2/b11-10+/t28-/m0/s1. The fourth-order valence-corrected chi connectivity index (χ4v) is 8.65. The number of nitriles is 1. The van der Waals surface area contributed by atoms with Crippen LogP contribution >= 0.6 is 11.6 Å². The van der Waals surface area contributed by atoms with Crippen LogP contribution in [0.25, 0.3) is 16.8 Å². The van der Waals surface area contributed by atoms with E-state index < -0.39 is 0 Å². The predicted molar refractivity (Wildman–Crippen MR) is 193 cm³/mol. The lowest BCUT2D eigenvalue weighted by Crippen LogP contribution is -2.55. The molecule has 0 aliphatic carbocycles. The molecule has 256 valence electrons. The van der Waals surface area contributed by atoms with Crippen LogP contribution < -0.4 is 14.5 Å². The monoisotopic (exact) mass is 689 g/mol. The Morgan fingerprint density at radius 1 is 1.00 bits per heavy atom. The van der Waals surface area contributed by atoms with E-state index in [2.05, 4.69) is 55.0 Å². The number of aromatic nitrogens is 4. The Morgan fingerprint density at radius 2 is 1.80 bits per heavy atom. The lowest BCUT2D eigenvalue weighted by atomic mass is 9.95. The molecule has 2 aromatic carbocycles. The molecule has 11 nitrogen and oxygen atoms in total. The lowest BCUT2D eigenvalue weighted by Gasteiger charge is -2.42. The fourth-order valence-electron chi connectivity index (χ4n) is 8.38. The van der Waals surface area contributed by atoms with Crippen molar-refractivity contribution in [2.45, 2.75) is 56.7 Å². The van der Waals surface area contributed by atoms with E-state index in [0.29, 0.717) is 44.6 Å². The van der Waals surface area contributed by atoms with Crippen LogP contribution in [0.15, 0.2) is 60.9 Å². The highest BCUT2D eigenvalue weighted by atomic mass is 35.5. The second-order valence-electron chi connectivity index (χ2n) is 13.7. The molecule has 0 spiro atoms. The summed E-state index contributed by atoms with van der Waals surface area (Å²) in [4.78, 5) is 40.9. The summed E-state index contributed by atoms with van der Waals surface area (Å²) in [5.41, 5.74) is 3.18. The van der Waals surface area contributed by atoms with Gasteiger partial charge in [-0.05, 0) is 74.9 Å². The summed E-state index contributed by atoms with van der Waals surface area (Å²) in [6.45, 7) is 5.71. The summed E-state index contributed by atoms with van der Waals surface area (Å²) < 4.78 is 6.56. The van der Waals surface area contributed by atoms with E-state index in [-0.39, 0.29) is 23.9 Å². The highest BCUT2D eigenvalue weighted by Gasteiger charge is 2.45. The molecule has 0 N–H and O–H groups in total. The number of hydrogen-bond acceptors (Lipinski definition) is 10. The molecule has 6 heterocycles. The number of carbonyl (C=O) groups excluding carboxylic acids is 1. The zero-order valence-electron chi connectivity index (χ0n) is 28.0. The first-order valence-electron chi connectivity index (χ1n) is 17.6. The Balaban J connectivity index is 1.09. The first kappa shape index (κ1) is 32.4. The first-order chi connectivity index (χ1) is 24.5. The number of benzene rings is 2. The molecule has 1 amide bonds. The number of fused-ring (bicyclic) bond motifs is 3. The SMILES string of the molecule is N#CC[C@H]1CN(c2nc(OCC34CCCN3CCC4)nc3c2CCN(c2cccc4cccc(Cl)c24)C3)CCN1C(=O)/C=C/c1ncccn1. The molecule has 4 aliphatic rings. The zero-order valence-corrected chi connectivity index (χ0v) is 28.8. The van der Waals surface area contributed by atoms with Crippen molar-refractivity contribution in [2.24, 2.45) is 0 Å². The van der Waals surface area contributed by atoms with Gasteiger partial charge in [-0.25, -0.2) is 9.97 Å². The van der Waals surface area contributed by atoms with Gasteiger partial charge in [-0.15, -0.1) is 0 Å². The van der Waals surface area contributed by atoms with Gasteiger partial charge in [0.05, 0.1) is 41.3 Å². The molecule has 8 rings (SSSR count). The van der Waals surface area contributed by atoms with Gasteiger partial charge in [-0.3, -0.25) is 9.69 Å². The highest BCUT2D eigenvalue weighted by molar-refractivity contribution is 6.36. The molecule has 0 unspecified atom stereocenters. The number of halogens is 1. The average molecular weight is 690 g/mol. The van der Waals surface area contributed by atoms with Crippen molar-refractivity contribution in [2.75, 3.05) is 55.7 Å². The molecular formula is C38H40ClN9O2. The summed E-state index contributed by atoms with van der Waals surface area (Å²) in [5, 5.41) is 12.7. The van der Waals surface area contributed by atoms with Gasteiger partial charge in [0.1, 0.15) is 12.4 Å². The second-order valence-corrected chi connectivity index (χ2v) is 14.1. The molecular weight excluding hydrogens is 650 g/mol. The van der Waals surface area contributed by atoms with Crippen molar-refractivity contribution in [3.8, 4) is 12.1 Å². The minimum Gasteiger partial charge on any atom is -0.461 e. The van der Waals surface area contributed by atoms with Crippen LogP contribution in [0.1, 0.15) is 49.2 Å². The zero-order chi connectivity index (χ0) is 34.1. The van der Waals surface area contributed by atoms with Gasteiger partial charge in [-0.1, -0.05) is 35.9 Å². The highest BCUT2D eigenvalue weighted by Crippen LogP contribution is 2.40. The molecule has 0 saturated carbocycles. The lowest BCUT2D eigenvalue weighted by molar-refractivity contribution is -0.128. The Morgan fingerprint density at radius 3 is 2.60 bits per heavy atom. The first-order valence-corrected chi connectivity index (χ1v) is 18.0. The number of nitrogens with zero attached hydrogens (tertiary/aromatic N) is 9. The molecule has 3 saturated heterocycles. The smallest absolute Gasteiger partial charge is 0.318 e. The Hall–Kier alpha value is -4.79. The van der Waals surface area contributed by atoms with Crippen molar-refractivity contribution >= 4 is 45.9 Å². The van der Waals surface area contributed by atoms with Crippen molar-refractivity contribution in [1.82, 2.24) is 29.7 Å². The number of rotatable bonds is 8. The molecule has 0 radical (unpaired) electrons. The molecule has 3 fully saturated rings. The maximum Gasteiger partial charge on any atom is 0.318 e. The summed E-state index contributed by atoms with van der Waals surface area (Å²) >= 11 is 6.76. The Labute approximate surface area is 297 Å². The molecule has 4 aliphatic heterocycles. The number of ether oxygens (including phenoxy) is 1. The summed E-state index contributed by atoms with van der Waals surface area (Å²) in [7, 11) is 0. The van der Waals surface area contributed by atoms with Gasteiger partial charge in [0.25, 0.3) is 0 Å². The van der Waals surface area contributed by atoms with Gasteiger partial charge in [-0.2, -0.15) is 15.2 Å². The van der Waals surface area contributed by atoms with Crippen LogP contribution in [0.4, 0.5) is 11.5 Å². The minimum absolute atomic E-state index is 0.0628. The summed E-state index contributed by atoms with van der Waals surface area (Å²) in [5.74, 6) is 1.15. The van der Waals surface area contributed by atoms with Crippen molar-refractivity contribution in [3.63, 3.8) is 0 Å². The fraction of sp³-hybridized carbons (Fsp3) is 0.421. The molecule has 1 atom stereocenters. The van der Waals surface area contributed by atoms with Gasteiger partial charge in [0.2, 0.25) is 5.91 Å². The summed E-state index contributed by atoms with van der Waals surface area (Å²) in [6.07, 6.45) is 12.0. The molecule has 2 aromatic heterocycles. The van der Waals surface area contributed by atoms with Crippen LogP contribution in [0.2, 0.25) is 5.02 Å². The normalized spacial score (nSPS) is 20.2. The number of piperazine rings is 1. The van der Waals surface area contributed by atoms with E-state index in [9.17, 15) is 10.1 Å². The molecule has 4 aromatic rings. The van der Waals surface area contributed by atoms with E-state index in [1.54, 1.807) is 29.4 Å². The van der Waals surface area contributed by atoms with Crippen LogP contribution in [-0.2, 0) is 17.8 Å². The van der Waals surface area contributed by atoms with E-state index in [0.717, 1.165) is 77.5 Å². The topological polar surface area (TPSA) is 115 Å². The molecule has 12 heteroatoms. The van der Waals surface area contributed by atoms with Gasteiger partial charge < -0.3 is 19.4 Å². The van der Waals surface area contributed by atoms with Gasteiger partial charge in [0.15, 0.2) is 5.82 Å². The Kier molecular flexibility index (Phi) is 8.98.